The maximum absolute atomic E-state index is 11.7. The van der Waals surface area contributed by atoms with Crippen LogP contribution in [0.3, 0.4) is 0 Å². The molecule has 0 unspecified atom stereocenters. The standard InChI is InChI=1S/C12H15NO4S/c14-12(15)8-3-9-1-4-10(5-2-9)13-18(16,17)11-6-7-11/h1-2,4-5,11,13H,3,6-8H2,(H,14,15). The number of sulfonamides is 1. The first-order chi connectivity index (χ1) is 8.47. The van der Waals surface area contributed by atoms with E-state index in [2.05, 4.69) is 4.72 Å². The Morgan fingerprint density at radius 1 is 1.28 bits per heavy atom. The molecule has 0 spiro atoms. The second-order valence-electron chi connectivity index (χ2n) is 4.44. The normalized spacial score (nSPS) is 15.3. The van der Waals surface area contributed by atoms with E-state index in [1.807, 2.05) is 0 Å². The number of nitrogens with one attached hydrogen (secondary N) is 1. The van der Waals surface area contributed by atoms with Crippen molar-refractivity contribution < 1.29 is 18.3 Å². The fourth-order valence-electron chi connectivity index (χ4n) is 1.62. The Balaban J connectivity index is 1.97. The van der Waals surface area contributed by atoms with Gasteiger partial charge in [0.15, 0.2) is 0 Å². The number of anilines is 1. The first-order valence-corrected chi connectivity index (χ1v) is 7.34. The molecule has 1 aromatic rings. The van der Waals surface area contributed by atoms with E-state index in [4.69, 9.17) is 5.11 Å². The summed E-state index contributed by atoms with van der Waals surface area (Å²) in [4.78, 5) is 10.4. The zero-order chi connectivity index (χ0) is 13.2. The van der Waals surface area contributed by atoms with Gasteiger partial charge in [-0.25, -0.2) is 8.42 Å². The number of aliphatic carboxylic acids is 1. The van der Waals surface area contributed by atoms with E-state index in [-0.39, 0.29) is 11.7 Å². The third-order valence-electron chi connectivity index (χ3n) is 2.80. The van der Waals surface area contributed by atoms with E-state index in [1.54, 1.807) is 24.3 Å². The lowest BCUT2D eigenvalue weighted by atomic mass is 10.1. The monoisotopic (exact) mass is 269 g/mol. The summed E-state index contributed by atoms with van der Waals surface area (Å²) in [6, 6.07) is 6.82. The SMILES string of the molecule is O=C(O)CCc1ccc(NS(=O)(=O)C2CC2)cc1. The Hall–Kier alpha value is -1.56. The van der Waals surface area contributed by atoms with Crippen molar-refractivity contribution in [3.63, 3.8) is 0 Å². The van der Waals surface area contributed by atoms with Gasteiger partial charge in [-0.2, -0.15) is 0 Å². The molecule has 1 fully saturated rings. The third-order valence-corrected chi connectivity index (χ3v) is 4.67. The van der Waals surface area contributed by atoms with Gasteiger partial charge in [-0.3, -0.25) is 9.52 Å². The average Bonchev–Trinajstić information content (AvgIpc) is 3.11. The molecule has 0 amide bonds. The second kappa shape index (κ2) is 4.97. The fraction of sp³-hybridized carbons (Fsp3) is 0.417. The Kier molecular flexibility index (Phi) is 3.56. The maximum Gasteiger partial charge on any atom is 0.303 e. The topological polar surface area (TPSA) is 83.5 Å². The minimum atomic E-state index is -3.22. The van der Waals surface area contributed by atoms with Crippen molar-refractivity contribution >= 4 is 21.7 Å². The fourth-order valence-corrected chi connectivity index (χ4v) is 3.00. The van der Waals surface area contributed by atoms with E-state index in [1.165, 1.54) is 0 Å². The largest absolute Gasteiger partial charge is 0.481 e. The van der Waals surface area contributed by atoms with Gasteiger partial charge in [-0.05, 0) is 37.0 Å². The summed E-state index contributed by atoms with van der Waals surface area (Å²) in [7, 11) is -3.22. The summed E-state index contributed by atoms with van der Waals surface area (Å²) in [6.07, 6.45) is 1.98. The van der Waals surface area contributed by atoms with Crippen molar-refractivity contribution in [2.75, 3.05) is 4.72 Å². The van der Waals surface area contributed by atoms with Crippen molar-refractivity contribution in [2.45, 2.75) is 30.9 Å². The molecular formula is C12H15NO4S. The molecular weight excluding hydrogens is 254 g/mol. The molecule has 1 aliphatic rings. The molecule has 1 aliphatic carbocycles. The van der Waals surface area contributed by atoms with Gasteiger partial charge in [-0.1, -0.05) is 12.1 Å². The number of hydrogen-bond donors (Lipinski definition) is 2. The zero-order valence-corrected chi connectivity index (χ0v) is 10.6. The maximum atomic E-state index is 11.7. The molecule has 0 aromatic heterocycles. The molecule has 0 heterocycles. The lowest BCUT2D eigenvalue weighted by Crippen LogP contribution is -2.17. The van der Waals surface area contributed by atoms with Crippen molar-refractivity contribution in [1.82, 2.24) is 0 Å². The minimum absolute atomic E-state index is 0.0765. The van der Waals surface area contributed by atoms with Crippen LogP contribution in [0.5, 0.6) is 0 Å². The van der Waals surface area contributed by atoms with Crippen LogP contribution in [-0.4, -0.2) is 24.7 Å². The van der Waals surface area contributed by atoms with Crippen LogP contribution in [0.15, 0.2) is 24.3 Å². The highest BCUT2D eigenvalue weighted by atomic mass is 32.2. The highest BCUT2D eigenvalue weighted by Gasteiger charge is 2.35. The van der Waals surface area contributed by atoms with Gasteiger partial charge in [-0.15, -0.1) is 0 Å². The van der Waals surface area contributed by atoms with E-state index < -0.39 is 16.0 Å². The van der Waals surface area contributed by atoms with Crippen molar-refractivity contribution in [2.24, 2.45) is 0 Å². The van der Waals surface area contributed by atoms with Crippen LogP contribution in [-0.2, 0) is 21.2 Å². The summed E-state index contributed by atoms with van der Waals surface area (Å²) in [6.45, 7) is 0. The van der Waals surface area contributed by atoms with E-state index in [0.717, 1.165) is 18.4 Å². The van der Waals surface area contributed by atoms with Crippen LogP contribution >= 0.6 is 0 Å². The van der Waals surface area contributed by atoms with Gasteiger partial charge in [0.05, 0.1) is 5.25 Å². The molecule has 2 N–H and O–H groups in total. The average molecular weight is 269 g/mol. The van der Waals surface area contributed by atoms with Crippen LogP contribution in [0.1, 0.15) is 24.8 Å². The van der Waals surface area contributed by atoms with Gasteiger partial charge < -0.3 is 5.11 Å². The first kappa shape index (κ1) is 12.9. The number of carboxylic acid groups (broad SMARTS) is 1. The molecule has 0 radical (unpaired) electrons. The van der Waals surface area contributed by atoms with Crippen LogP contribution in [0.25, 0.3) is 0 Å². The van der Waals surface area contributed by atoms with E-state index in [0.29, 0.717) is 12.1 Å². The predicted molar refractivity (Wildman–Crippen MR) is 68.0 cm³/mol. The summed E-state index contributed by atoms with van der Waals surface area (Å²) < 4.78 is 25.9. The summed E-state index contributed by atoms with van der Waals surface area (Å²) in [5.41, 5.74) is 1.41. The lowest BCUT2D eigenvalue weighted by Gasteiger charge is -2.07. The van der Waals surface area contributed by atoms with Crippen LogP contribution < -0.4 is 4.72 Å². The Labute approximate surface area is 106 Å². The molecule has 18 heavy (non-hydrogen) atoms. The van der Waals surface area contributed by atoms with Crippen LogP contribution in [0.2, 0.25) is 0 Å². The van der Waals surface area contributed by atoms with Gasteiger partial charge >= 0.3 is 5.97 Å². The Morgan fingerprint density at radius 2 is 1.89 bits per heavy atom. The van der Waals surface area contributed by atoms with Gasteiger partial charge in [0, 0.05) is 12.1 Å². The molecule has 98 valence electrons. The summed E-state index contributed by atoms with van der Waals surface area (Å²) in [5, 5.41) is 8.31. The Bertz CT molecular complexity index is 532. The third kappa shape index (κ3) is 3.46. The molecule has 0 atom stereocenters. The van der Waals surface area contributed by atoms with Gasteiger partial charge in [0.1, 0.15) is 0 Å². The van der Waals surface area contributed by atoms with Crippen molar-refractivity contribution in [3.8, 4) is 0 Å². The molecule has 5 nitrogen and oxygen atoms in total. The minimum Gasteiger partial charge on any atom is -0.481 e. The molecule has 0 saturated heterocycles. The highest BCUT2D eigenvalue weighted by molar-refractivity contribution is 7.93. The van der Waals surface area contributed by atoms with Crippen molar-refractivity contribution in [1.29, 1.82) is 0 Å². The number of carbonyl (C=O) groups is 1. The number of rotatable bonds is 6. The number of aryl methyl sites for hydroxylation is 1. The molecule has 1 saturated carbocycles. The number of carboxylic acids is 1. The van der Waals surface area contributed by atoms with Crippen LogP contribution in [0, 0.1) is 0 Å². The smallest absolute Gasteiger partial charge is 0.303 e. The van der Waals surface area contributed by atoms with Gasteiger partial charge in [0.25, 0.3) is 0 Å². The van der Waals surface area contributed by atoms with E-state index in [9.17, 15) is 13.2 Å². The van der Waals surface area contributed by atoms with Crippen LogP contribution in [0.4, 0.5) is 5.69 Å². The molecule has 2 rings (SSSR count). The number of benzene rings is 1. The molecule has 1 aromatic carbocycles. The highest BCUT2D eigenvalue weighted by Crippen LogP contribution is 2.29. The predicted octanol–water partition coefficient (Wildman–Crippen LogP) is 1.61. The summed E-state index contributed by atoms with van der Waals surface area (Å²) in [5.74, 6) is -0.839. The Morgan fingerprint density at radius 3 is 2.39 bits per heavy atom. The summed E-state index contributed by atoms with van der Waals surface area (Å²) >= 11 is 0. The number of hydrogen-bond acceptors (Lipinski definition) is 3. The quantitative estimate of drug-likeness (QED) is 0.821. The molecule has 6 heteroatoms. The van der Waals surface area contributed by atoms with E-state index >= 15 is 0 Å². The van der Waals surface area contributed by atoms with Gasteiger partial charge in [0.2, 0.25) is 10.0 Å². The first-order valence-electron chi connectivity index (χ1n) is 5.80. The molecule has 0 bridgehead atoms. The van der Waals surface area contributed by atoms with Crippen molar-refractivity contribution in [3.05, 3.63) is 29.8 Å². The second-order valence-corrected chi connectivity index (χ2v) is 6.40. The lowest BCUT2D eigenvalue weighted by molar-refractivity contribution is -0.136. The molecule has 0 aliphatic heterocycles. The zero-order valence-electron chi connectivity index (χ0n) is 9.80.